The first-order valence-corrected chi connectivity index (χ1v) is 10.7. The molecule has 1 saturated heterocycles. The maximum absolute atomic E-state index is 13.6. The Balaban J connectivity index is 1.82. The molecule has 0 spiro atoms. The summed E-state index contributed by atoms with van der Waals surface area (Å²) < 4.78 is 26.5. The number of carboxylic acid groups (broad SMARTS) is 1. The number of rotatable bonds is 5. The highest BCUT2D eigenvalue weighted by molar-refractivity contribution is 7.64. The van der Waals surface area contributed by atoms with Crippen LogP contribution in [-0.2, 0) is 13.9 Å². The van der Waals surface area contributed by atoms with E-state index in [9.17, 15) is 14.5 Å². The van der Waals surface area contributed by atoms with E-state index in [4.69, 9.17) is 20.9 Å². The van der Waals surface area contributed by atoms with Gasteiger partial charge in [-0.25, -0.2) is 4.67 Å². The summed E-state index contributed by atoms with van der Waals surface area (Å²) in [7, 11) is -3.43. The third kappa shape index (κ3) is 5.11. The molecular weight excluding hydrogens is 389 g/mol. The zero-order chi connectivity index (χ0) is 19.3. The van der Waals surface area contributed by atoms with Crippen molar-refractivity contribution in [3.05, 3.63) is 53.6 Å². The quantitative estimate of drug-likeness (QED) is 0.731. The molecule has 1 unspecified atom stereocenters. The number of nitrogens with zero attached hydrogens (tertiary/aromatic N) is 1. The van der Waals surface area contributed by atoms with Crippen LogP contribution in [-0.4, -0.2) is 35.4 Å². The van der Waals surface area contributed by atoms with E-state index in [0.717, 1.165) is 19.3 Å². The van der Waals surface area contributed by atoms with Gasteiger partial charge >= 0.3 is 13.5 Å². The number of hydrogen-bond acceptors (Lipinski definition) is 4. The molecule has 1 aliphatic heterocycles. The molecule has 1 atom stereocenters. The van der Waals surface area contributed by atoms with Crippen LogP contribution in [0.25, 0.3) is 0 Å². The van der Waals surface area contributed by atoms with Crippen LogP contribution in [0.15, 0.2) is 48.5 Å². The van der Waals surface area contributed by atoms with Gasteiger partial charge in [0.05, 0.1) is 11.9 Å². The van der Waals surface area contributed by atoms with Crippen molar-refractivity contribution in [1.29, 1.82) is 0 Å². The first-order chi connectivity index (χ1) is 13.0. The minimum Gasteiger partial charge on any atom is -0.480 e. The van der Waals surface area contributed by atoms with Crippen molar-refractivity contribution in [1.82, 2.24) is 4.67 Å². The lowest BCUT2D eigenvalue weighted by Crippen LogP contribution is -2.34. The van der Waals surface area contributed by atoms with Gasteiger partial charge in [0.15, 0.2) is 0 Å². The monoisotopic (exact) mass is 409 g/mol. The van der Waals surface area contributed by atoms with E-state index in [0.29, 0.717) is 35.0 Å². The van der Waals surface area contributed by atoms with Gasteiger partial charge in [0.1, 0.15) is 18.0 Å². The van der Waals surface area contributed by atoms with E-state index in [-0.39, 0.29) is 6.54 Å². The number of aliphatic carboxylic acids is 1. The van der Waals surface area contributed by atoms with Crippen molar-refractivity contribution < 1.29 is 23.7 Å². The summed E-state index contributed by atoms with van der Waals surface area (Å²) >= 11 is 5.86. The molecule has 1 N–H and O–H groups in total. The van der Waals surface area contributed by atoms with E-state index >= 15 is 0 Å². The van der Waals surface area contributed by atoms with Crippen molar-refractivity contribution in [2.45, 2.75) is 19.3 Å². The third-order valence-corrected chi connectivity index (χ3v) is 7.05. The highest BCUT2D eigenvalue weighted by Crippen LogP contribution is 2.50. The van der Waals surface area contributed by atoms with Crippen LogP contribution < -0.4 is 10.0 Å². The summed E-state index contributed by atoms with van der Waals surface area (Å²) in [5.41, 5.74) is 0. The molecule has 0 aromatic heterocycles. The minimum atomic E-state index is -3.43. The van der Waals surface area contributed by atoms with E-state index in [2.05, 4.69) is 0 Å². The Bertz CT molecular complexity index is 825. The lowest BCUT2D eigenvalue weighted by atomic mass is 10.2. The van der Waals surface area contributed by atoms with Gasteiger partial charge in [0, 0.05) is 11.6 Å². The SMILES string of the molecule is O=C(O)CN1CCCCCOP1(=O)c1ccc(Oc2ccc(Cl)cc2)cc1. The average molecular weight is 410 g/mol. The van der Waals surface area contributed by atoms with Crippen LogP contribution in [0.4, 0.5) is 0 Å². The summed E-state index contributed by atoms with van der Waals surface area (Å²) in [4.78, 5) is 11.2. The minimum absolute atomic E-state index is 0.319. The van der Waals surface area contributed by atoms with Crippen LogP contribution in [0.3, 0.4) is 0 Å². The smallest absolute Gasteiger partial charge is 0.318 e. The summed E-state index contributed by atoms with van der Waals surface area (Å²) in [6.45, 7) is 0.448. The van der Waals surface area contributed by atoms with Crippen LogP contribution in [0.2, 0.25) is 5.02 Å². The highest BCUT2D eigenvalue weighted by Gasteiger charge is 2.36. The van der Waals surface area contributed by atoms with Crippen molar-refractivity contribution in [3.8, 4) is 11.5 Å². The normalized spacial score (nSPS) is 21.2. The molecule has 0 bridgehead atoms. The first kappa shape index (κ1) is 19.9. The van der Waals surface area contributed by atoms with E-state index in [1.807, 2.05) is 0 Å². The second kappa shape index (κ2) is 8.89. The molecule has 3 rings (SSSR count). The molecule has 1 heterocycles. The summed E-state index contributed by atoms with van der Waals surface area (Å²) in [5, 5.41) is 10.3. The molecule has 6 nitrogen and oxygen atoms in total. The molecule has 0 aliphatic carbocycles. The van der Waals surface area contributed by atoms with Gasteiger partial charge in [-0.15, -0.1) is 0 Å². The van der Waals surface area contributed by atoms with Crippen molar-refractivity contribution in [3.63, 3.8) is 0 Å². The fraction of sp³-hybridized carbons (Fsp3) is 0.316. The van der Waals surface area contributed by atoms with E-state index in [1.54, 1.807) is 48.5 Å². The number of carbonyl (C=O) groups is 1. The van der Waals surface area contributed by atoms with Crippen molar-refractivity contribution in [2.24, 2.45) is 0 Å². The van der Waals surface area contributed by atoms with E-state index in [1.165, 1.54) is 4.67 Å². The van der Waals surface area contributed by atoms with Gasteiger partial charge in [0.25, 0.3) is 0 Å². The summed E-state index contributed by atoms with van der Waals surface area (Å²) in [5.74, 6) is 0.181. The first-order valence-electron chi connectivity index (χ1n) is 8.73. The van der Waals surface area contributed by atoms with Crippen LogP contribution in [0.1, 0.15) is 19.3 Å². The van der Waals surface area contributed by atoms with Crippen LogP contribution >= 0.6 is 19.1 Å². The number of halogens is 1. The van der Waals surface area contributed by atoms with Gasteiger partial charge in [0.2, 0.25) is 0 Å². The van der Waals surface area contributed by atoms with Crippen molar-refractivity contribution in [2.75, 3.05) is 19.7 Å². The fourth-order valence-corrected chi connectivity index (χ4v) is 5.26. The standard InChI is InChI=1S/C19H21ClNO5P/c20-15-4-6-16(7-5-15)26-17-8-10-18(11-9-17)27(24)21(14-19(22)23)12-2-1-3-13-25-27/h4-11H,1-3,12-14H2,(H,22,23). The zero-order valence-corrected chi connectivity index (χ0v) is 16.4. The molecule has 0 saturated carbocycles. The molecular formula is C19H21ClNO5P. The molecule has 8 heteroatoms. The molecule has 0 amide bonds. The van der Waals surface area contributed by atoms with Gasteiger partial charge < -0.3 is 14.4 Å². The van der Waals surface area contributed by atoms with Gasteiger partial charge in [-0.3, -0.25) is 9.36 Å². The van der Waals surface area contributed by atoms with Crippen molar-refractivity contribution >= 4 is 30.4 Å². The number of hydrogen-bond donors (Lipinski definition) is 1. The second-order valence-electron chi connectivity index (χ2n) is 6.25. The molecule has 0 radical (unpaired) electrons. The van der Waals surface area contributed by atoms with Gasteiger partial charge in [-0.2, -0.15) is 0 Å². The van der Waals surface area contributed by atoms with Crippen LogP contribution in [0.5, 0.6) is 11.5 Å². The maximum atomic E-state index is 13.6. The number of ether oxygens (including phenoxy) is 1. The van der Waals surface area contributed by atoms with Gasteiger partial charge in [-0.1, -0.05) is 11.6 Å². The third-order valence-electron chi connectivity index (χ3n) is 4.23. The Morgan fingerprint density at radius 1 is 1.07 bits per heavy atom. The lowest BCUT2D eigenvalue weighted by Gasteiger charge is -2.32. The topological polar surface area (TPSA) is 76.1 Å². The highest BCUT2D eigenvalue weighted by atomic mass is 35.5. The molecule has 1 fully saturated rings. The molecule has 1 aliphatic rings. The average Bonchev–Trinajstić information content (AvgIpc) is 2.64. The summed E-state index contributed by atoms with van der Waals surface area (Å²) in [6.07, 6.45) is 2.52. The lowest BCUT2D eigenvalue weighted by molar-refractivity contribution is -0.137. The zero-order valence-electron chi connectivity index (χ0n) is 14.7. The maximum Gasteiger partial charge on any atom is 0.318 e. The predicted octanol–water partition coefficient (Wildman–Crippen LogP) is 4.54. The Hall–Kier alpha value is -1.85. The fourth-order valence-electron chi connectivity index (χ4n) is 2.88. The second-order valence-corrected chi connectivity index (χ2v) is 9.06. The van der Waals surface area contributed by atoms with Gasteiger partial charge in [-0.05, 0) is 67.8 Å². The Kier molecular flexibility index (Phi) is 6.55. The molecule has 2 aromatic rings. The molecule has 2 aromatic carbocycles. The largest absolute Gasteiger partial charge is 0.480 e. The Morgan fingerprint density at radius 2 is 1.70 bits per heavy atom. The Labute approximate surface area is 163 Å². The van der Waals surface area contributed by atoms with E-state index < -0.39 is 13.5 Å². The number of benzene rings is 2. The van der Waals surface area contributed by atoms with Crippen LogP contribution in [0, 0.1) is 0 Å². The molecule has 27 heavy (non-hydrogen) atoms. The number of carboxylic acids is 1. The summed E-state index contributed by atoms with van der Waals surface area (Å²) in [6, 6.07) is 13.7. The Morgan fingerprint density at radius 3 is 2.33 bits per heavy atom. The predicted molar refractivity (Wildman–Crippen MR) is 104 cm³/mol. The molecule has 144 valence electrons.